The molecule has 4 rings (SSSR count). The molecular weight excluding hydrogens is 410 g/mol. The first kappa shape index (κ1) is 21.9. The first-order valence-electron chi connectivity index (χ1n) is 10.9. The number of benzene rings is 1. The Hall–Kier alpha value is -3.29. The highest BCUT2D eigenvalue weighted by molar-refractivity contribution is 5.96. The van der Waals surface area contributed by atoms with Gasteiger partial charge in [0.15, 0.2) is 0 Å². The normalized spacial score (nSPS) is 16.5. The van der Waals surface area contributed by atoms with Crippen molar-refractivity contribution in [3.05, 3.63) is 42.1 Å². The second-order valence-electron chi connectivity index (χ2n) is 9.28. The fourth-order valence-corrected chi connectivity index (χ4v) is 3.73. The quantitative estimate of drug-likeness (QED) is 0.686. The van der Waals surface area contributed by atoms with Crippen molar-refractivity contribution in [3.63, 3.8) is 0 Å². The highest BCUT2D eigenvalue weighted by Gasteiger charge is 2.52. The predicted octanol–water partition coefficient (Wildman–Crippen LogP) is 4.54. The number of aromatic nitrogens is 1. The molecule has 8 heteroatoms. The summed E-state index contributed by atoms with van der Waals surface area (Å²) in [6, 6.07) is 8.50. The molecule has 2 N–H and O–H groups in total. The number of hydrogen-bond donors (Lipinski definition) is 2. The van der Waals surface area contributed by atoms with E-state index in [2.05, 4.69) is 15.6 Å². The molecule has 8 nitrogen and oxygen atoms in total. The number of hydrogen-bond acceptors (Lipinski definition) is 6. The maximum Gasteiger partial charge on any atom is 0.408 e. The van der Waals surface area contributed by atoms with Crippen LogP contribution in [-0.2, 0) is 14.9 Å². The van der Waals surface area contributed by atoms with Crippen LogP contribution in [0.2, 0.25) is 0 Å². The second-order valence-corrected chi connectivity index (χ2v) is 9.28. The van der Waals surface area contributed by atoms with Crippen molar-refractivity contribution < 1.29 is 23.8 Å². The van der Waals surface area contributed by atoms with Crippen molar-refractivity contribution in [2.75, 3.05) is 11.9 Å². The van der Waals surface area contributed by atoms with E-state index in [-0.39, 0.29) is 11.3 Å². The maximum atomic E-state index is 12.6. The number of amides is 2. The van der Waals surface area contributed by atoms with Gasteiger partial charge in [0.1, 0.15) is 23.1 Å². The van der Waals surface area contributed by atoms with Crippen molar-refractivity contribution in [1.29, 1.82) is 0 Å². The minimum absolute atomic E-state index is 0.0934. The van der Waals surface area contributed by atoms with Gasteiger partial charge in [-0.25, -0.2) is 9.78 Å². The van der Waals surface area contributed by atoms with Crippen LogP contribution in [0.15, 0.2) is 36.5 Å². The van der Waals surface area contributed by atoms with Crippen LogP contribution in [0, 0.1) is 0 Å². The first-order chi connectivity index (χ1) is 15.2. The van der Waals surface area contributed by atoms with E-state index in [9.17, 15) is 9.59 Å². The summed E-state index contributed by atoms with van der Waals surface area (Å²) >= 11 is 0. The molecule has 1 aromatic heterocycles. The van der Waals surface area contributed by atoms with E-state index < -0.39 is 17.7 Å². The Bertz CT molecular complexity index is 1010. The van der Waals surface area contributed by atoms with Crippen LogP contribution in [0.1, 0.15) is 52.5 Å². The number of rotatable bonds is 6. The monoisotopic (exact) mass is 439 g/mol. The van der Waals surface area contributed by atoms with Crippen molar-refractivity contribution in [2.45, 2.75) is 64.0 Å². The van der Waals surface area contributed by atoms with E-state index >= 15 is 0 Å². The lowest BCUT2D eigenvalue weighted by molar-refractivity contribution is -0.118. The van der Waals surface area contributed by atoms with Gasteiger partial charge in [-0.15, -0.1) is 0 Å². The Morgan fingerprint density at radius 3 is 2.62 bits per heavy atom. The summed E-state index contributed by atoms with van der Waals surface area (Å²) < 4.78 is 17.1. The minimum atomic E-state index is -0.720. The van der Waals surface area contributed by atoms with Crippen LogP contribution in [-0.4, -0.2) is 35.2 Å². The number of pyridine rings is 1. The SMILES string of the molecule is CCC(NC(=O)OC(C)(C)C)C(=O)Nc1ccc(Oc2cccc3c2C2(CC2)CO3)nc1. The van der Waals surface area contributed by atoms with Gasteiger partial charge in [0.25, 0.3) is 0 Å². The molecule has 2 aromatic rings. The third-order valence-corrected chi connectivity index (χ3v) is 5.51. The largest absolute Gasteiger partial charge is 0.492 e. The second kappa shape index (κ2) is 8.33. The molecule has 170 valence electrons. The third-order valence-electron chi connectivity index (χ3n) is 5.51. The Labute approximate surface area is 187 Å². The number of nitrogens with one attached hydrogen (secondary N) is 2. The van der Waals surface area contributed by atoms with Crippen molar-refractivity contribution in [2.24, 2.45) is 0 Å². The molecule has 32 heavy (non-hydrogen) atoms. The highest BCUT2D eigenvalue weighted by Crippen LogP contribution is 2.58. The molecule has 1 fully saturated rings. The molecule has 1 aliphatic carbocycles. The number of carbonyl (C=O) groups is 2. The molecule has 2 amide bonds. The lowest BCUT2D eigenvalue weighted by Crippen LogP contribution is -2.45. The predicted molar refractivity (Wildman–Crippen MR) is 119 cm³/mol. The van der Waals surface area contributed by atoms with Crippen LogP contribution >= 0.6 is 0 Å². The molecule has 1 spiro atoms. The Morgan fingerprint density at radius 2 is 2.00 bits per heavy atom. The van der Waals surface area contributed by atoms with Gasteiger partial charge in [0.2, 0.25) is 11.8 Å². The summed E-state index contributed by atoms with van der Waals surface area (Å²) in [7, 11) is 0. The fraction of sp³-hybridized carbons (Fsp3) is 0.458. The molecule has 2 heterocycles. The lowest BCUT2D eigenvalue weighted by atomic mass is 9.97. The summed E-state index contributed by atoms with van der Waals surface area (Å²) in [5, 5.41) is 5.36. The summed E-state index contributed by atoms with van der Waals surface area (Å²) in [5.74, 6) is 1.72. The number of anilines is 1. The maximum absolute atomic E-state index is 12.6. The van der Waals surface area contributed by atoms with Crippen molar-refractivity contribution in [1.82, 2.24) is 10.3 Å². The topological polar surface area (TPSA) is 98.8 Å². The van der Waals surface area contributed by atoms with Gasteiger partial charge in [-0.2, -0.15) is 0 Å². The van der Waals surface area contributed by atoms with Crippen LogP contribution < -0.4 is 20.1 Å². The molecule has 1 atom stereocenters. The molecule has 1 saturated carbocycles. The zero-order valence-corrected chi connectivity index (χ0v) is 18.9. The Morgan fingerprint density at radius 1 is 1.22 bits per heavy atom. The standard InChI is InChI=1S/C24H29N3O5/c1-5-16(27-22(29)32-23(2,3)4)21(28)26-15-9-10-19(25-13-15)31-18-8-6-7-17-20(18)24(11-12-24)14-30-17/h6-10,13,16H,5,11-12,14H2,1-4H3,(H,26,28)(H,27,29). The van der Waals surface area contributed by atoms with Crippen LogP contribution in [0.4, 0.5) is 10.5 Å². The molecule has 1 unspecified atom stereocenters. The van der Waals surface area contributed by atoms with Gasteiger partial charge in [-0.05, 0) is 58.2 Å². The van der Waals surface area contributed by atoms with E-state index in [1.807, 2.05) is 25.1 Å². The van der Waals surface area contributed by atoms with E-state index in [1.54, 1.807) is 32.9 Å². The molecule has 0 bridgehead atoms. The summed E-state index contributed by atoms with van der Waals surface area (Å²) in [5.41, 5.74) is 1.09. The Balaban J connectivity index is 1.38. The summed E-state index contributed by atoms with van der Waals surface area (Å²) in [6.45, 7) is 7.82. The summed E-state index contributed by atoms with van der Waals surface area (Å²) in [6.07, 6.45) is 3.53. The number of nitrogens with zero attached hydrogens (tertiary/aromatic N) is 1. The third kappa shape index (κ3) is 4.79. The Kier molecular flexibility index (Phi) is 5.71. The van der Waals surface area contributed by atoms with Gasteiger partial charge in [0, 0.05) is 17.0 Å². The molecule has 1 aliphatic heterocycles. The minimum Gasteiger partial charge on any atom is -0.492 e. The number of ether oxygens (including phenoxy) is 3. The highest BCUT2D eigenvalue weighted by atomic mass is 16.6. The molecular formula is C24H29N3O5. The molecule has 2 aliphatic rings. The number of carbonyl (C=O) groups excluding carboxylic acids is 2. The molecule has 0 saturated heterocycles. The van der Waals surface area contributed by atoms with E-state index in [0.717, 1.165) is 29.9 Å². The van der Waals surface area contributed by atoms with Gasteiger partial charge < -0.3 is 24.8 Å². The van der Waals surface area contributed by atoms with Crippen molar-refractivity contribution in [3.8, 4) is 17.4 Å². The number of alkyl carbamates (subject to hydrolysis) is 1. The van der Waals surface area contributed by atoms with Crippen LogP contribution in [0.3, 0.4) is 0 Å². The van der Waals surface area contributed by atoms with Gasteiger partial charge in [-0.3, -0.25) is 4.79 Å². The molecule has 0 radical (unpaired) electrons. The smallest absolute Gasteiger partial charge is 0.408 e. The molecule has 1 aromatic carbocycles. The van der Waals surface area contributed by atoms with Gasteiger partial charge >= 0.3 is 6.09 Å². The first-order valence-corrected chi connectivity index (χ1v) is 10.9. The van der Waals surface area contributed by atoms with Gasteiger partial charge in [-0.1, -0.05) is 13.0 Å². The average Bonchev–Trinajstić information content (AvgIpc) is 3.41. The van der Waals surface area contributed by atoms with Crippen molar-refractivity contribution >= 4 is 17.7 Å². The number of fused-ring (bicyclic) bond motifs is 2. The van der Waals surface area contributed by atoms with Crippen LogP contribution in [0.25, 0.3) is 0 Å². The zero-order chi connectivity index (χ0) is 22.9. The lowest BCUT2D eigenvalue weighted by Gasteiger charge is -2.22. The van der Waals surface area contributed by atoms with E-state index in [1.165, 1.54) is 6.20 Å². The van der Waals surface area contributed by atoms with Crippen LogP contribution in [0.5, 0.6) is 17.4 Å². The van der Waals surface area contributed by atoms with E-state index in [0.29, 0.717) is 24.6 Å². The van der Waals surface area contributed by atoms with Gasteiger partial charge in [0.05, 0.1) is 18.5 Å². The average molecular weight is 440 g/mol. The van der Waals surface area contributed by atoms with E-state index in [4.69, 9.17) is 14.2 Å². The zero-order valence-electron chi connectivity index (χ0n) is 18.9. The fourth-order valence-electron chi connectivity index (χ4n) is 3.73. The summed E-state index contributed by atoms with van der Waals surface area (Å²) in [4.78, 5) is 28.9.